The Labute approximate surface area is 89.2 Å². The highest BCUT2D eigenvalue weighted by atomic mass is 19.4. The van der Waals surface area contributed by atoms with Crippen LogP contribution in [0.1, 0.15) is 33.1 Å². The summed E-state index contributed by atoms with van der Waals surface area (Å²) in [4.78, 5) is 0. The van der Waals surface area contributed by atoms with Crippen LogP contribution >= 0.6 is 0 Å². The van der Waals surface area contributed by atoms with Crippen LogP contribution in [0.5, 0.6) is 0 Å². The van der Waals surface area contributed by atoms with E-state index in [1.807, 2.05) is 0 Å². The molecule has 0 heterocycles. The molecule has 1 atom stereocenters. The van der Waals surface area contributed by atoms with Crippen LogP contribution in [0, 0.1) is 0 Å². The Morgan fingerprint density at radius 3 is 2.40 bits per heavy atom. The highest BCUT2D eigenvalue weighted by molar-refractivity contribution is 4.63. The summed E-state index contributed by atoms with van der Waals surface area (Å²) in [5, 5.41) is 3.16. The Morgan fingerprint density at radius 2 is 1.93 bits per heavy atom. The summed E-state index contributed by atoms with van der Waals surface area (Å²) in [6, 6.07) is 0.393. The molecule has 0 aliphatic carbocycles. The van der Waals surface area contributed by atoms with Gasteiger partial charge < -0.3 is 10.1 Å². The second-order valence-corrected chi connectivity index (χ2v) is 3.52. The largest absolute Gasteiger partial charge is 0.411 e. The minimum Gasteiger partial charge on any atom is -0.371 e. The Bertz CT molecular complexity index is 150. The number of alkyl halides is 3. The molecule has 1 unspecified atom stereocenters. The van der Waals surface area contributed by atoms with Gasteiger partial charge in [-0.15, -0.1) is 0 Å². The van der Waals surface area contributed by atoms with E-state index in [4.69, 9.17) is 0 Å². The first-order chi connectivity index (χ1) is 6.99. The number of halogens is 3. The zero-order chi connectivity index (χ0) is 11.7. The Balaban J connectivity index is 3.36. The third-order valence-corrected chi connectivity index (χ3v) is 2.08. The number of nitrogens with one attached hydrogen (secondary N) is 1. The second-order valence-electron chi connectivity index (χ2n) is 3.52. The fraction of sp³-hybridized carbons (Fsp3) is 1.00. The number of hydrogen-bond acceptors (Lipinski definition) is 2. The van der Waals surface area contributed by atoms with Crippen LogP contribution in [0.15, 0.2) is 0 Å². The lowest BCUT2D eigenvalue weighted by atomic mass is 10.1. The first-order valence-electron chi connectivity index (χ1n) is 5.37. The van der Waals surface area contributed by atoms with Gasteiger partial charge in [0.2, 0.25) is 0 Å². The van der Waals surface area contributed by atoms with Crippen LogP contribution in [0.4, 0.5) is 13.2 Å². The average molecular weight is 227 g/mol. The molecule has 0 radical (unpaired) electrons. The van der Waals surface area contributed by atoms with Gasteiger partial charge in [0.05, 0.1) is 6.61 Å². The molecule has 0 spiro atoms. The van der Waals surface area contributed by atoms with Crippen LogP contribution in [0.2, 0.25) is 0 Å². The van der Waals surface area contributed by atoms with Gasteiger partial charge in [0.25, 0.3) is 0 Å². The third-order valence-electron chi connectivity index (χ3n) is 2.08. The van der Waals surface area contributed by atoms with Crippen molar-refractivity contribution >= 4 is 0 Å². The fourth-order valence-electron chi connectivity index (χ4n) is 1.32. The maximum Gasteiger partial charge on any atom is 0.411 e. The maximum absolute atomic E-state index is 11.7. The lowest BCUT2D eigenvalue weighted by Gasteiger charge is -2.16. The average Bonchev–Trinajstić information content (AvgIpc) is 2.14. The molecule has 0 fully saturated rings. The van der Waals surface area contributed by atoms with Crippen LogP contribution in [-0.4, -0.2) is 32.0 Å². The van der Waals surface area contributed by atoms with Crippen LogP contribution in [0.3, 0.4) is 0 Å². The van der Waals surface area contributed by atoms with Crippen LogP contribution < -0.4 is 5.32 Å². The van der Waals surface area contributed by atoms with Crippen molar-refractivity contribution in [3.8, 4) is 0 Å². The van der Waals surface area contributed by atoms with Crippen molar-refractivity contribution in [2.75, 3.05) is 19.8 Å². The van der Waals surface area contributed by atoms with E-state index >= 15 is 0 Å². The second kappa shape index (κ2) is 7.93. The van der Waals surface area contributed by atoms with E-state index in [9.17, 15) is 13.2 Å². The molecule has 0 aliphatic heterocycles. The summed E-state index contributed by atoms with van der Waals surface area (Å²) in [5.41, 5.74) is 0. The van der Waals surface area contributed by atoms with E-state index in [0.717, 1.165) is 19.3 Å². The van der Waals surface area contributed by atoms with Crippen molar-refractivity contribution in [2.45, 2.75) is 45.3 Å². The van der Waals surface area contributed by atoms with E-state index < -0.39 is 12.8 Å². The van der Waals surface area contributed by atoms with Crippen molar-refractivity contribution in [2.24, 2.45) is 0 Å². The van der Waals surface area contributed by atoms with E-state index in [-0.39, 0.29) is 6.61 Å². The van der Waals surface area contributed by atoms with Gasteiger partial charge in [0.1, 0.15) is 6.61 Å². The molecule has 0 bridgehead atoms. The van der Waals surface area contributed by atoms with Gasteiger partial charge in [0, 0.05) is 12.6 Å². The van der Waals surface area contributed by atoms with Crippen molar-refractivity contribution < 1.29 is 17.9 Å². The van der Waals surface area contributed by atoms with E-state index in [0.29, 0.717) is 12.6 Å². The molecule has 0 aromatic rings. The summed E-state index contributed by atoms with van der Waals surface area (Å²) in [6.45, 7) is 3.59. The highest BCUT2D eigenvalue weighted by Gasteiger charge is 2.27. The zero-order valence-electron chi connectivity index (χ0n) is 9.36. The summed E-state index contributed by atoms with van der Waals surface area (Å²) in [6.07, 6.45) is -1.09. The lowest BCUT2D eigenvalue weighted by Crippen LogP contribution is -2.32. The van der Waals surface area contributed by atoms with Crippen molar-refractivity contribution in [3.63, 3.8) is 0 Å². The maximum atomic E-state index is 11.7. The Morgan fingerprint density at radius 1 is 1.27 bits per heavy atom. The minimum absolute atomic E-state index is 0.111. The van der Waals surface area contributed by atoms with E-state index in [2.05, 4.69) is 23.9 Å². The quantitative estimate of drug-likeness (QED) is 0.644. The standard InChI is InChI=1S/C10H20F3NO/c1-3-5-9(4-2)14-6-7-15-8-10(11,12)13/h9,14H,3-8H2,1-2H3. The summed E-state index contributed by atoms with van der Waals surface area (Å²) >= 11 is 0. The SMILES string of the molecule is CCCC(CC)NCCOCC(F)(F)F. The molecule has 0 saturated carbocycles. The lowest BCUT2D eigenvalue weighted by molar-refractivity contribution is -0.173. The van der Waals surface area contributed by atoms with Gasteiger partial charge in [-0.2, -0.15) is 13.2 Å². The Kier molecular flexibility index (Phi) is 7.78. The molecule has 15 heavy (non-hydrogen) atoms. The molecule has 0 aromatic heterocycles. The molecule has 0 amide bonds. The van der Waals surface area contributed by atoms with Crippen molar-refractivity contribution in [3.05, 3.63) is 0 Å². The smallest absolute Gasteiger partial charge is 0.371 e. The number of ether oxygens (including phenoxy) is 1. The molecule has 0 aliphatic rings. The molecule has 0 aromatic carbocycles. The van der Waals surface area contributed by atoms with Crippen molar-refractivity contribution in [1.82, 2.24) is 5.32 Å². The summed E-state index contributed by atoms with van der Waals surface area (Å²) in [5.74, 6) is 0. The molecule has 0 rings (SSSR count). The molecular weight excluding hydrogens is 207 g/mol. The van der Waals surface area contributed by atoms with E-state index in [1.165, 1.54) is 0 Å². The zero-order valence-corrected chi connectivity index (χ0v) is 9.36. The van der Waals surface area contributed by atoms with Gasteiger partial charge in [-0.1, -0.05) is 20.3 Å². The highest BCUT2D eigenvalue weighted by Crippen LogP contribution is 2.13. The minimum atomic E-state index is -4.21. The number of hydrogen-bond donors (Lipinski definition) is 1. The predicted octanol–water partition coefficient (Wildman–Crippen LogP) is 2.73. The third kappa shape index (κ3) is 10.0. The molecule has 92 valence electrons. The predicted molar refractivity (Wildman–Crippen MR) is 53.9 cm³/mol. The Hall–Kier alpha value is -0.290. The van der Waals surface area contributed by atoms with Crippen LogP contribution in [0.25, 0.3) is 0 Å². The molecule has 5 heteroatoms. The first kappa shape index (κ1) is 14.7. The molecule has 0 saturated heterocycles. The monoisotopic (exact) mass is 227 g/mol. The topological polar surface area (TPSA) is 21.3 Å². The summed E-state index contributed by atoms with van der Waals surface area (Å²) < 4.78 is 39.5. The molecule has 1 N–H and O–H groups in total. The van der Waals surface area contributed by atoms with Crippen LogP contribution in [-0.2, 0) is 4.74 Å². The molecular formula is C10H20F3NO. The van der Waals surface area contributed by atoms with Gasteiger partial charge in [-0.25, -0.2) is 0 Å². The fourth-order valence-corrected chi connectivity index (χ4v) is 1.32. The summed E-state index contributed by atoms with van der Waals surface area (Å²) in [7, 11) is 0. The van der Waals surface area contributed by atoms with Crippen molar-refractivity contribution in [1.29, 1.82) is 0 Å². The normalized spacial score (nSPS) is 14.2. The van der Waals surface area contributed by atoms with Gasteiger partial charge in [-0.05, 0) is 12.8 Å². The van der Waals surface area contributed by atoms with E-state index in [1.54, 1.807) is 0 Å². The van der Waals surface area contributed by atoms with Gasteiger partial charge >= 0.3 is 6.18 Å². The first-order valence-corrected chi connectivity index (χ1v) is 5.37. The van der Waals surface area contributed by atoms with Gasteiger partial charge in [-0.3, -0.25) is 0 Å². The number of rotatable bonds is 8. The molecule has 2 nitrogen and oxygen atoms in total. The van der Waals surface area contributed by atoms with Gasteiger partial charge in [0.15, 0.2) is 0 Å².